The molecule has 1 aliphatic heterocycles. The first-order valence-corrected chi connectivity index (χ1v) is 9.51. The fraction of sp³-hybridized carbons (Fsp3) is 0.364. The van der Waals surface area contributed by atoms with Crippen molar-refractivity contribution < 1.29 is 23.5 Å². The number of nitrogens with zero attached hydrogens (tertiary/aromatic N) is 1. The number of hydrogen-bond donors (Lipinski definition) is 1. The Morgan fingerprint density at radius 2 is 1.86 bits per heavy atom. The molecule has 0 spiro atoms. The number of benzene rings is 1. The lowest BCUT2D eigenvalue weighted by Gasteiger charge is -2.29. The van der Waals surface area contributed by atoms with Crippen LogP contribution in [0.15, 0.2) is 40.3 Å². The van der Waals surface area contributed by atoms with E-state index >= 15 is 0 Å². The summed E-state index contributed by atoms with van der Waals surface area (Å²) in [5, 5.41) is 10.9. The van der Waals surface area contributed by atoms with Crippen LogP contribution in [0.25, 0.3) is 5.76 Å². The highest BCUT2D eigenvalue weighted by Crippen LogP contribution is 2.43. The van der Waals surface area contributed by atoms with Gasteiger partial charge in [0.15, 0.2) is 0 Å². The van der Waals surface area contributed by atoms with E-state index in [4.69, 9.17) is 4.42 Å². The fourth-order valence-corrected chi connectivity index (χ4v) is 4.24. The molecule has 0 radical (unpaired) electrons. The Kier molecular flexibility index (Phi) is 4.57. The molecule has 2 fully saturated rings. The minimum atomic E-state index is -0.776. The molecule has 2 aliphatic rings. The van der Waals surface area contributed by atoms with Crippen LogP contribution in [0.5, 0.6) is 0 Å². The molecule has 0 bridgehead atoms. The fourth-order valence-electron chi connectivity index (χ4n) is 4.24. The highest BCUT2D eigenvalue weighted by molar-refractivity contribution is 6.46. The average molecular weight is 383 g/mol. The van der Waals surface area contributed by atoms with Crippen molar-refractivity contribution in [1.29, 1.82) is 0 Å². The predicted octanol–water partition coefficient (Wildman–Crippen LogP) is 4.40. The van der Waals surface area contributed by atoms with Crippen LogP contribution in [0, 0.1) is 19.7 Å². The Bertz CT molecular complexity index is 984. The summed E-state index contributed by atoms with van der Waals surface area (Å²) in [6.45, 7) is 3.37. The van der Waals surface area contributed by atoms with Gasteiger partial charge < -0.3 is 14.4 Å². The number of rotatable bonds is 3. The molecule has 1 aliphatic carbocycles. The summed E-state index contributed by atoms with van der Waals surface area (Å²) in [6, 6.07) is 6.78. The summed E-state index contributed by atoms with van der Waals surface area (Å²) in [5.41, 5.74) is 0.647. The number of likely N-dealkylation sites (tertiary alicyclic amines) is 1. The molecule has 1 amide bonds. The van der Waals surface area contributed by atoms with Gasteiger partial charge in [-0.15, -0.1) is 0 Å². The highest BCUT2D eigenvalue weighted by atomic mass is 19.1. The molecule has 6 heteroatoms. The third-order valence-corrected chi connectivity index (χ3v) is 5.66. The summed E-state index contributed by atoms with van der Waals surface area (Å²) < 4.78 is 19.4. The third kappa shape index (κ3) is 2.93. The number of furan rings is 1. The Hall–Kier alpha value is -2.89. The Balaban J connectivity index is 1.88. The molecule has 4 rings (SSSR count). The number of aliphatic hydroxyl groups excluding tert-OH is 1. The molecule has 1 saturated carbocycles. The van der Waals surface area contributed by atoms with Crippen LogP contribution in [0.3, 0.4) is 0 Å². The minimum Gasteiger partial charge on any atom is -0.507 e. The number of aryl methyl sites for hydroxylation is 2. The molecule has 146 valence electrons. The Morgan fingerprint density at radius 3 is 2.46 bits per heavy atom. The van der Waals surface area contributed by atoms with Gasteiger partial charge in [-0.1, -0.05) is 12.8 Å². The minimum absolute atomic E-state index is 0.00254. The topological polar surface area (TPSA) is 70.8 Å². The summed E-state index contributed by atoms with van der Waals surface area (Å²) in [7, 11) is 0. The number of carbonyl (C=O) groups is 2. The maximum Gasteiger partial charge on any atom is 0.296 e. The number of carbonyl (C=O) groups excluding carboxylic acids is 2. The van der Waals surface area contributed by atoms with E-state index in [1.165, 1.54) is 18.2 Å². The van der Waals surface area contributed by atoms with Crippen molar-refractivity contribution in [3.05, 3.63) is 64.4 Å². The number of halogens is 1. The Morgan fingerprint density at radius 1 is 1.14 bits per heavy atom. The van der Waals surface area contributed by atoms with Crippen molar-refractivity contribution in [2.75, 3.05) is 0 Å². The quantitative estimate of drug-likeness (QED) is 0.484. The molecular formula is C22H22FNO4. The van der Waals surface area contributed by atoms with Crippen molar-refractivity contribution in [2.45, 2.75) is 51.6 Å². The number of aliphatic hydroxyl groups is 1. The molecule has 2 heterocycles. The van der Waals surface area contributed by atoms with Crippen molar-refractivity contribution in [3.8, 4) is 0 Å². The molecule has 1 atom stereocenters. The third-order valence-electron chi connectivity index (χ3n) is 5.66. The number of amides is 1. The van der Waals surface area contributed by atoms with Crippen LogP contribution in [-0.4, -0.2) is 27.7 Å². The van der Waals surface area contributed by atoms with Crippen LogP contribution in [0.1, 0.15) is 54.4 Å². The molecule has 28 heavy (non-hydrogen) atoms. The molecule has 1 unspecified atom stereocenters. The van der Waals surface area contributed by atoms with E-state index in [0.717, 1.165) is 25.7 Å². The van der Waals surface area contributed by atoms with Crippen molar-refractivity contribution in [3.63, 3.8) is 0 Å². The van der Waals surface area contributed by atoms with E-state index in [2.05, 4.69) is 0 Å². The van der Waals surface area contributed by atoms with Gasteiger partial charge >= 0.3 is 0 Å². The van der Waals surface area contributed by atoms with Gasteiger partial charge in [0.2, 0.25) is 0 Å². The van der Waals surface area contributed by atoms with E-state index in [9.17, 15) is 19.1 Å². The summed E-state index contributed by atoms with van der Waals surface area (Å²) in [5.74, 6) is -0.951. The zero-order valence-corrected chi connectivity index (χ0v) is 15.9. The standard InChI is InChI=1S/C22H22FNO4/c1-12-11-14(8-9-16(12)23)20(25)18-19(17-10-7-13(2)28-17)24(22(27)21(18)26)15-5-3-4-6-15/h7-11,15,19,25H,3-6H2,1-2H3/b20-18-. The molecule has 1 aromatic heterocycles. The number of ketones is 1. The van der Waals surface area contributed by atoms with Crippen LogP contribution in [0.4, 0.5) is 4.39 Å². The molecule has 5 nitrogen and oxygen atoms in total. The second kappa shape index (κ2) is 6.93. The maximum absolute atomic E-state index is 13.6. The first-order chi connectivity index (χ1) is 13.4. The second-order valence-electron chi connectivity index (χ2n) is 7.56. The Labute approximate surface area is 162 Å². The van der Waals surface area contributed by atoms with E-state index in [0.29, 0.717) is 22.6 Å². The van der Waals surface area contributed by atoms with E-state index in [1.807, 2.05) is 0 Å². The van der Waals surface area contributed by atoms with Gasteiger partial charge in [0.25, 0.3) is 11.7 Å². The second-order valence-corrected chi connectivity index (χ2v) is 7.56. The molecule has 2 aromatic rings. The lowest BCUT2D eigenvalue weighted by Crippen LogP contribution is -2.37. The van der Waals surface area contributed by atoms with Crippen molar-refractivity contribution in [2.24, 2.45) is 0 Å². The van der Waals surface area contributed by atoms with Crippen LogP contribution < -0.4 is 0 Å². The summed E-state index contributed by atoms with van der Waals surface area (Å²) >= 11 is 0. The van der Waals surface area contributed by atoms with E-state index < -0.39 is 23.5 Å². The zero-order chi connectivity index (χ0) is 20.0. The normalized spacial score (nSPS) is 22.4. The molecular weight excluding hydrogens is 361 g/mol. The number of hydrogen-bond acceptors (Lipinski definition) is 4. The van der Waals surface area contributed by atoms with E-state index in [1.54, 1.807) is 30.9 Å². The maximum atomic E-state index is 13.6. The van der Waals surface area contributed by atoms with Gasteiger partial charge in [0.1, 0.15) is 29.1 Å². The van der Waals surface area contributed by atoms with Crippen molar-refractivity contribution in [1.82, 2.24) is 4.90 Å². The predicted molar refractivity (Wildman–Crippen MR) is 101 cm³/mol. The first-order valence-electron chi connectivity index (χ1n) is 9.51. The zero-order valence-electron chi connectivity index (χ0n) is 15.9. The molecule has 1 aromatic carbocycles. The van der Waals surface area contributed by atoms with E-state index in [-0.39, 0.29) is 17.4 Å². The van der Waals surface area contributed by atoms with Gasteiger partial charge in [-0.3, -0.25) is 9.59 Å². The van der Waals surface area contributed by atoms with Gasteiger partial charge in [-0.05, 0) is 62.6 Å². The van der Waals surface area contributed by atoms with Crippen LogP contribution in [-0.2, 0) is 9.59 Å². The molecule has 1 N–H and O–H groups in total. The van der Waals surface area contributed by atoms with Crippen LogP contribution >= 0.6 is 0 Å². The first kappa shape index (κ1) is 18.5. The SMILES string of the molecule is Cc1ccc(C2/C(=C(/O)c3ccc(F)c(C)c3)C(=O)C(=O)N2C2CCCC2)o1. The largest absolute Gasteiger partial charge is 0.507 e. The summed E-state index contributed by atoms with van der Waals surface area (Å²) in [6.07, 6.45) is 3.63. The monoisotopic (exact) mass is 383 g/mol. The molecule has 1 saturated heterocycles. The van der Waals surface area contributed by atoms with Crippen LogP contribution in [0.2, 0.25) is 0 Å². The lowest BCUT2D eigenvalue weighted by molar-refractivity contribution is -0.141. The average Bonchev–Trinajstić information content (AvgIpc) is 3.38. The lowest BCUT2D eigenvalue weighted by atomic mass is 9.98. The van der Waals surface area contributed by atoms with Crippen molar-refractivity contribution >= 4 is 17.4 Å². The van der Waals surface area contributed by atoms with Gasteiger partial charge in [0, 0.05) is 11.6 Å². The van der Waals surface area contributed by atoms with Gasteiger partial charge in [0.05, 0.1) is 5.57 Å². The smallest absolute Gasteiger partial charge is 0.296 e. The summed E-state index contributed by atoms with van der Waals surface area (Å²) in [4.78, 5) is 27.3. The number of Topliss-reactive ketones (excluding diaryl/α,β-unsaturated/α-hetero) is 1. The van der Waals surface area contributed by atoms with Gasteiger partial charge in [-0.2, -0.15) is 0 Å². The van der Waals surface area contributed by atoms with Gasteiger partial charge in [-0.25, -0.2) is 4.39 Å². The highest BCUT2D eigenvalue weighted by Gasteiger charge is 2.50.